The van der Waals surface area contributed by atoms with E-state index in [0.717, 1.165) is 5.92 Å². The van der Waals surface area contributed by atoms with Gasteiger partial charge >= 0.3 is 0 Å². The summed E-state index contributed by atoms with van der Waals surface area (Å²) in [6.45, 7) is 0. The first-order valence-electron chi connectivity index (χ1n) is 7.82. The van der Waals surface area contributed by atoms with Crippen LogP contribution in [0.5, 0.6) is 0 Å². The van der Waals surface area contributed by atoms with Crippen molar-refractivity contribution in [3.05, 3.63) is 0 Å². The fourth-order valence-corrected chi connectivity index (χ4v) is 3.76. The molecule has 0 aromatic heterocycles. The lowest BCUT2D eigenvalue weighted by molar-refractivity contribution is 0.0746. The molecule has 0 amide bonds. The molecule has 0 heterocycles. The molecule has 1 atom stereocenters. The van der Waals surface area contributed by atoms with Crippen molar-refractivity contribution in [2.45, 2.75) is 75.8 Å². The highest BCUT2D eigenvalue weighted by atomic mass is 15.3. The molecule has 0 aliphatic heterocycles. The van der Waals surface area contributed by atoms with Crippen LogP contribution in [0.3, 0.4) is 0 Å². The molecule has 0 radical (unpaired) electrons. The number of hydrogen-bond donors (Lipinski definition) is 2. The van der Waals surface area contributed by atoms with Crippen LogP contribution in [0, 0.1) is 5.92 Å². The zero-order valence-corrected chi connectivity index (χ0v) is 12.3. The Morgan fingerprint density at radius 1 is 1.17 bits per heavy atom. The van der Waals surface area contributed by atoms with E-state index in [-0.39, 0.29) is 0 Å². The van der Waals surface area contributed by atoms with Crippen molar-refractivity contribution in [2.75, 3.05) is 14.1 Å². The van der Waals surface area contributed by atoms with E-state index >= 15 is 0 Å². The second-order valence-electron chi connectivity index (χ2n) is 6.65. The Morgan fingerprint density at radius 2 is 1.78 bits per heavy atom. The summed E-state index contributed by atoms with van der Waals surface area (Å²) < 4.78 is 0. The van der Waals surface area contributed by atoms with E-state index in [1.54, 1.807) is 0 Å². The molecule has 1 unspecified atom stereocenters. The Balaban J connectivity index is 2.03. The minimum Gasteiger partial charge on any atom is -0.302 e. The number of hydrazine groups is 1. The number of nitrogens with two attached hydrogens (primary N) is 1. The van der Waals surface area contributed by atoms with Gasteiger partial charge in [-0.3, -0.25) is 11.3 Å². The first kappa shape index (κ1) is 14.3. The largest absolute Gasteiger partial charge is 0.302 e. The second-order valence-corrected chi connectivity index (χ2v) is 6.65. The van der Waals surface area contributed by atoms with Gasteiger partial charge in [-0.1, -0.05) is 38.5 Å². The van der Waals surface area contributed by atoms with E-state index in [1.165, 1.54) is 64.2 Å². The summed E-state index contributed by atoms with van der Waals surface area (Å²) in [5, 5.41) is 0. The molecule has 3 N–H and O–H groups in total. The van der Waals surface area contributed by atoms with Crippen LogP contribution in [0.4, 0.5) is 0 Å². The van der Waals surface area contributed by atoms with Gasteiger partial charge < -0.3 is 4.90 Å². The maximum Gasteiger partial charge on any atom is 0.0394 e. The SMILES string of the molecule is CN(C)C1(C(CCC2CC2)NN)CCCCCC1. The fraction of sp³-hybridized carbons (Fsp3) is 1.00. The van der Waals surface area contributed by atoms with Gasteiger partial charge in [-0.2, -0.15) is 0 Å². The normalized spacial score (nSPS) is 26.0. The monoisotopic (exact) mass is 253 g/mol. The van der Waals surface area contributed by atoms with E-state index in [2.05, 4.69) is 24.4 Å². The summed E-state index contributed by atoms with van der Waals surface area (Å²) in [5.74, 6) is 6.91. The minimum absolute atomic E-state index is 0.292. The molecule has 0 aromatic carbocycles. The number of nitrogens with zero attached hydrogens (tertiary/aromatic N) is 1. The highest BCUT2D eigenvalue weighted by molar-refractivity contribution is 4.99. The van der Waals surface area contributed by atoms with Crippen LogP contribution in [0.1, 0.15) is 64.2 Å². The van der Waals surface area contributed by atoms with Gasteiger partial charge in [0, 0.05) is 11.6 Å². The molecule has 106 valence electrons. The van der Waals surface area contributed by atoms with Gasteiger partial charge in [0.2, 0.25) is 0 Å². The van der Waals surface area contributed by atoms with E-state index in [4.69, 9.17) is 5.84 Å². The van der Waals surface area contributed by atoms with E-state index < -0.39 is 0 Å². The first-order valence-corrected chi connectivity index (χ1v) is 7.82. The first-order chi connectivity index (χ1) is 8.69. The third kappa shape index (κ3) is 3.25. The van der Waals surface area contributed by atoms with Crippen LogP contribution in [0.25, 0.3) is 0 Å². The van der Waals surface area contributed by atoms with Gasteiger partial charge in [0.25, 0.3) is 0 Å². The number of hydrogen-bond acceptors (Lipinski definition) is 3. The predicted molar refractivity (Wildman–Crippen MR) is 77.2 cm³/mol. The molecule has 2 aliphatic rings. The van der Waals surface area contributed by atoms with Crippen molar-refractivity contribution in [1.82, 2.24) is 10.3 Å². The summed E-state index contributed by atoms with van der Waals surface area (Å²) in [5.41, 5.74) is 3.46. The third-order valence-electron chi connectivity index (χ3n) is 5.27. The maximum absolute atomic E-state index is 5.91. The number of nitrogens with one attached hydrogen (secondary N) is 1. The molecule has 0 spiro atoms. The van der Waals surface area contributed by atoms with Gasteiger partial charge in [-0.25, -0.2) is 0 Å². The second kappa shape index (κ2) is 6.36. The van der Waals surface area contributed by atoms with E-state index in [0.29, 0.717) is 11.6 Å². The summed E-state index contributed by atoms with van der Waals surface area (Å²) >= 11 is 0. The van der Waals surface area contributed by atoms with Crippen molar-refractivity contribution >= 4 is 0 Å². The Hall–Kier alpha value is -0.120. The van der Waals surface area contributed by atoms with Crippen LogP contribution in [0.15, 0.2) is 0 Å². The van der Waals surface area contributed by atoms with Crippen molar-refractivity contribution in [2.24, 2.45) is 11.8 Å². The molecule has 18 heavy (non-hydrogen) atoms. The summed E-state index contributed by atoms with van der Waals surface area (Å²) in [4.78, 5) is 2.45. The third-order valence-corrected chi connectivity index (χ3v) is 5.27. The lowest BCUT2D eigenvalue weighted by Crippen LogP contribution is -2.60. The van der Waals surface area contributed by atoms with Gasteiger partial charge in [-0.05, 0) is 45.7 Å². The van der Waals surface area contributed by atoms with Crippen molar-refractivity contribution in [3.8, 4) is 0 Å². The Kier molecular flexibility index (Phi) is 5.05. The Bertz CT molecular complexity index is 240. The zero-order chi connectivity index (χ0) is 13.0. The van der Waals surface area contributed by atoms with Gasteiger partial charge in [0.05, 0.1) is 0 Å². The maximum atomic E-state index is 5.91. The van der Waals surface area contributed by atoms with Crippen molar-refractivity contribution in [1.29, 1.82) is 0 Å². The molecule has 0 bridgehead atoms. The highest BCUT2D eigenvalue weighted by Crippen LogP contribution is 2.39. The number of rotatable bonds is 6. The Labute approximate surface area is 112 Å². The summed E-state index contributed by atoms with van der Waals surface area (Å²) in [6.07, 6.45) is 13.6. The highest BCUT2D eigenvalue weighted by Gasteiger charge is 2.40. The molecule has 3 nitrogen and oxygen atoms in total. The van der Waals surface area contributed by atoms with Gasteiger partial charge in [0.15, 0.2) is 0 Å². The van der Waals surface area contributed by atoms with Crippen LogP contribution < -0.4 is 11.3 Å². The molecule has 3 heteroatoms. The van der Waals surface area contributed by atoms with Gasteiger partial charge in [-0.15, -0.1) is 0 Å². The topological polar surface area (TPSA) is 41.3 Å². The summed E-state index contributed by atoms with van der Waals surface area (Å²) in [7, 11) is 4.49. The standard InChI is InChI=1S/C15H31N3/c1-18(2)15(11-5-3-4-6-12-15)14(17-16)10-9-13-7-8-13/h13-14,17H,3-12,16H2,1-2H3. The average Bonchev–Trinajstić information content (AvgIpc) is 3.15. The van der Waals surface area contributed by atoms with Crippen LogP contribution in [-0.4, -0.2) is 30.6 Å². The molecular formula is C15H31N3. The van der Waals surface area contributed by atoms with Crippen molar-refractivity contribution in [3.63, 3.8) is 0 Å². The molecule has 2 saturated carbocycles. The van der Waals surface area contributed by atoms with Crippen LogP contribution in [-0.2, 0) is 0 Å². The smallest absolute Gasteiger partial charge is 0.0394 e. The van der Waals surface area contributed by atoms with E-state index in [1.807, 2.05) is 0 Å². The fourth-order valence-electron chi connectivity index (χ4n) is 3.76. The molecule has 2 fully saturated rings. The van der Waals surface area contributed by atoms with Crippen LogP contribution >= 0.6 is 0 Å². The van der Waals surface area contributed by atoms with E-state index in [9.17, 15) is 0 Å². The molecule has 2 aliphatic carbocycles. The molecular weight excluding hydrogens is 222 g/mol. The van der Waals surface area contributed by atoms with Crippen LogP contribution in [0.2, 0.25) is 0 Å². The quantitative estimate of drug-likeness (QED) is 0.434. The molecule has 2 rings (SSSR count). The minimum atomic E-state index is 0.292. The summed E-state index contributed by atoms with van der Waals surface area (Å²) in [6, 6.07) is 0.464. The number of likely N-dealkylation sites (N-methyl/N-ethyl adjacent to an activating group) is 1. The van der Waals surface area contributed by atoms with Crippen molar-refractivity contribution < 1.29 is 0 Å². The lowest BCUT2D eigenvalue weighted by Gasteiger charge is -2.45. The average molecular weight is 253 g/mol. The lowest BCUT2D eigenvalue weighted by atomic mass is 9.79. The predicted octanol–water partition coefficient (Wildman–Crippen LogP) is 2.66. The Morgan fingerprint density at radius 3 is 2.22 bits per heavy atom. The zero-order valence-electron chi connectivity index (χ0n) is 12.3. The molecule has 0 saturated heterocycles. The van der Waals surface area contributed by atoms with Gasteiger partial charge in [0.1, 0.15) is 0 Å². The molecule has 0 aromatic rings.